The first kappa shape index (κ1) is 24.2. The van der Waals surface area contributed by atoms with E-state index >= 15 is 0 Å². The van der Waals surface area contributed by atoms with Gasteiger partial charge in [0.05, 0.1) is 18.3 Å². The molecule has 0 unspecified atom stereocenters. The molecule has 7 heteroatoms. The number of methoxy groups -OCH3 is 1. The van der Waals surface area contributed by atoms with E-state index in [0.717, 1.165) is 11.6 Å². The van der Waals surface area contributed by atoms with Crippen molar-refractivity contribution in [3.63, 3.8) is 0 Å². The Morgan fingerprint density at radius 3 is 2.45 bits per heavy atom. The number of allylic oxidation sites excluding steroid dienone is 1. The maximum Gasteiger partial charge on any atom is 0.197 e. The topological polar surface area (TPSA) is 120 Å². The predicted molar refractivity (Wildman–Crippen MR) is 127 cm³/mol. The second-order valence-corrected chi connectivity index (χ2v) is 9.06. The van der Waals surface area contributed by atoms with Crippen LogP contribution in [0, 0.1) is 5.92 Å². The van der Waals surface area contributed by atoms with Crippen LogP contribution in [-0.2, 0) is 6.42 Å². The van der Waals surface area contributed by atoms with E-state index in [-0.39, 0.29) is 39.9 Å². The van der Waals surface area contributed by atoms with Crippen LogP contribution < -0.4 is 10.2 Å². The molecule has 1 atom stereocenters. The molecule has 0 bridgehead atoms. The number of hydrogen-bond donors (Lipinski definition) is 4. The van der Waals surface area contributed by atoms with Crippen LogP contribution in [0.5, 0.6) is 23.0 Å². The maximum atomic E-state index is 13.0. The number of aromatic hydroxyl groups is 3. The average molecular weight is 455 g/mol. The number of benzene rings is 2. The lowest BCUT2D eigenvalue weighted by molar-refractivity contribution is 0.0651. The Bertz CT molecular complexity index is 1250. The second kappa shape index (κ2) is 9.19. The van der Waals surface area contributed by atoms with Gasteiger partial charge in [-0.2, -0.15) is 0 Å². The largest absolute Gasteiger partial charge is 0.508 e. The number of phenols is 3. The monoisotopic (exact) mass is 454 g/mol. The predicted octanol–water partition coefficient (Wildman–Crippen LogP) is 4.87. The summed E-state index contributed by atoms with van der Waals surface area (Å²) in [6.45, 7) is 9.38. The molecule has 7 nitrogen and oxygen atoms in total. The molecule has 3 rings (SSSR count). The number of rotatable bonds is 8. The quantitative estimate of drug-likeness (QED) is 0.358. The molecule has 0 radical (unpaired) electrons. The molecule has 4 N–H and O–H groups in total. The minimum absolute atomic E-state index is 0.00850. The Morgan fingerprint density at radius 2 is 1.85 bits per heavy atom. The summed E-state index contributed by atoms with van der Waals surface area (Å²) in [5, 5.41) is 40.9. The van der Waals surface area contributed by atoms with Crippen LogP contribution in [0.15, 0.2) is 51.7 Å². The second-order valence-electron chi connectivity index (χ2n) is 9.06. The van der Waals surface area contributed by atoms with Crippen molar-refractivity contribution in [1.29, 1.82) is 0 Å². The van der Waals surface area contributed by atoms with E-state index in [1.165, 1.54) is 25.3 Å². The third-order valence-electron chi connectivity index (χ3n) is 5.76. The first-order valence-electron chi connectivity index (χ1n) is 10.7. The fourth-order valence-electron chi connectivity index (χ4n) is 3.86. The van der Waals surface area contributed by atoms with Crippen LogP contribution in [0.1, 0.15) is 39.2 Å². The minimum Gasteiger partial charge on any atom is -0.508 e. The molecule has 0 saturated heterocycles. The zero-order valence-electron chi connectivity index (χ0n) is 19.3. The molecule has 0 spiro atoms. The molecule has 176 valence electrons. The molecular weight excluding hydrogens is 424 g/mol. The number of hydrogen-bond acceptors (Lipinski definition) is 7. The van der Waals surface area contributed by atoms with E-state index in [1.807, 2.05) is 6.92 Å². The molecule has 0 aliphatic carbocycles. The molecule has 1 heterocycles. The molecule has 0 aliphatic heterocycles. The van der Waals surface area contributed by atoms with Gasteiger partial charge in [0.1, 0.15) is 39.7 Å². The Balaban J connectivity index is 2.20. The zero-order valence-corrected chi connectivity index (χ0v) is 19.3. The van der Waals surface area contributed by atoms with Gasteiger partial charge in [-0.25, -0.2) is 0 Å². The van der Waals surface area contributed by atoms with Gasteiger partial charge in [0.25, 0.3) is 0 Å². The van der Waals surface area contributed by atoms with Gasteiger partial charge in [-0.3, -0.25) is 4.79 Å². The van der Waals surface area contributed by atoms with Crippen molar-refractivity contribution in [3.8, 4) is 34.3 Å². The van der Waals surface area contributed by atoms with Gasteiger partial charge in [-0.1, -0.05) is 12.2 Å². The van der Waals surface area contributed by atoms with Crippen molar-refractivity contribution >= 4 is 11.0 Å². The van der Waals surface area contributed by atoms with Crippen molar-refractivity contribution in [3.05, 3.63) is 58.3 Å². The fraction of sp³-hybridized carbons (Fsp3) is 0.346. The van der Waals surface area contributed by atoms with Crippen LogP contribution in [0.2, 0.25) is 0 Å². The number of ether oxygens (including phenoxy) is 1. The van der Waals surface area contributed by atoms with Crippen LogP contribution in [-0.4, -0.2) is 33.1 Å². The number of phenolic OH excluding ortho intramolecular Hbond substituents is 3. The Kier molecular flexibility index (Phi) is 6.74. The van der Waals surface area contributed by atoms with Crippen LogP contribution >= 0.6 is 0 Å². The average Bonchev–Trinajstić information content (AvgIpc) is 2.71. The number of fused-ring (bicyclic) bond motifs is 1. The Hall–Kier alpha value is -3.45. The number of aliphatic hydroxyl groups is 1. The summed E-state index contributed by atoms with van der Waals surface area (Å²) >= 11 is 0. The van der Waals surface area contributed by atoms with Crippen LogP contribution in [0.3, 0.4) is 0 Å². The standard InChI is InChI=1S/C26H30O7/c1-14(2)15(8-9-26(3,4)31)10-18-19(28)12-20(29)24-21(30)13-23(33-25(18)24)17-7-6-16(27)11-22(17)32-5/h6-7,11-13,15,27-29,31H,1,8-10H2,2-5H3/t15-/m1/s1. The molecule has 0 fully saturated rings. The summed E-state index contributed by atoms with van der Waals surface area (Å²) in [4.78, 5) is 13.0. The third-order valence-corrected chi connectivity index (χ3v) is 5.76. The minimum atomic E-state index is -0.859. The molecule has 0 saturated carbocycles. The van der Waals surface area contributed by atoms with Gasteiger partial charge in [-0.05, 0) is 58.1 Å². The highest BCUT2D eigenvalue weighted by atomic mass is 16.5. The summed E-state index contributed by atoms with van der Waals surface area (Å²) in [7, 11) is 1.43. The first-order valence-corrected chi connectivity index (χ1v) is 10.7. The van der Waals surface area contributed by atoms with Crippen LogP contribution in [0.4, 0.5) is 0 Å². The van der Waals surface area contributed by atoms with Gasteiger partial charge < -0.3 is 29.6 Å². The van der Waals surface area contributed by atoms with Crippen LogP contribution in [0.25, 0.3) is 22.3 Å². The zero-order chi connectivity index (χ0) is 24.5. The summed E-state index contributed by atoms with van der Waals surface area (Å²) < 4.78 is 11.4. The van der Waals surface area contributed by atoms with E-state index in [1.54, 1.807) is 19.9 Å². The smallest absolute Gasteiger partial charge is 0.197 e. The van der Waals surface area contributed by atoms with Crippen molar-refractivity contribution < 1.29 is 29.6 Å². The van der Waals surface area contributed by atoms with Crippen molar-refractivity contribution in [1.82, 2.24) is 0 Å². The first-order chi connectivity index (χ1) is 15.4. The van der Waals surface area contributed by atoms with E-state index in [4.69, 9.17) is 9.15 Å². The molecule has 0 amide bonds. The molecule has 0 aliphatic rings. The summed E-state index contributed by atoms with van der Waals surface area (Å²) in [5.74, 6) is -0.231. The normalized spacial score (nSPS) is 12.6. The summed E-state index contributed by atoms with van der Waals surface area (Å²) in [6, 6.07) is 6.77. The molecular formula is C26H30O7. The lowest BCUT2D eigenvalue weighted by Gasteiger charge is -2.23. The van der Waals surface area contributed by atoms with Gasteiger partial charge in [-0.15, -0.1) is 0 Å². The fourth-order valence-corrected chi connectivity index (χ4v) is 3.86. The highest BCUT2D eigenvalue weighted by molar-refractivity contribution is 5.89. The Labute approximate surface area is 192 Å². The molecule has 2 aromatic carbocycles. The van der Waals surface area contributed by atoms with E-state index in [9.17, 15) is 25.2 Å². The van der Waals surface area contributed by atoms with Crippen molar-refractivity contribution in [2.75, 3.05) is 7.11 Å². The van der Waals surface area contributed by atoms with Gasteiger partial charge in [0.2, 0.25) is 0 Å². The van der Waals surface area contributed by atoms with Crippen molar-refractivity contribution in [2.45, 2.75) is 45.6 Å². The third kappa shape index (κ3) is 5.31. The SMILES string of the molecule is C=C(C)[C@H](CCC(C)(C)O)Cc1c(O)cc(O)c2c(=O)cc(-c3ccc(O)cc3OC)oc12. The van der Waals surface area contributed by atoms with E-state index in [0.29, 0.717) is 36.1 Å². The lowest BCUT2D eigenvalue weighted by atomic mass is 9.85. The van der Waals surface area contributed by atoms with Gasteiger partial charge in [0, 0.05) is 23.8 Å². The van der Waals surface area contributed by atoms with E-state index in [2.05, 4.69) is 6.58 Å². The summed E-state index contributed by atoms with van der Waals surface area (Å²) in [6.07, 6.45) is 1.42. The highest BCUT2D eigenvalue weighted by Crippen LogP contribution is 2.40. The van der Waals surface area contributed by atoms with E-state index < -0.39 is 11.0 Å². The molecule has 33 heavy (non-hydrogen) atoms. The van der Waals surface area contributed by atoms with Gasteiger partial charge >= 0.3 is 0 Å². The molecule has 1 aromatic heterocycles. The molecule has 3 aromatic rings. The van der Waals surface area contributed by atoms with Crippen molar-refractivity contribution in [2.24, 2.45) is 5.92 Å². The highest BCUT2D eigenvalue weighted by Gasteiger charge is 2.24. The maximum absolute atomic E-state index is 13.0. The summed E-state index contributed by atoms with van der Waals surface area (Å²) in [5.41, 5.74) is 0.383. The Morgan fingerprint density at radius 1 is 1.15 bits per heavy atom. The van der Waals surface area contributed by atoms with Gasteiger partial charge in [0.15, 0.2) is 5.43 Å². The lowest BCUT2D eigenvalue weighted by Crippen LogP contribution is -2.21.